The number of nitrogens with one attached hydrogen (secondary N) is 1. The number of rotatable bonds is 11. The fourth-order valence-corrected chi connectivity index (χ4v) is 4.33. The minimum atomic E-state index is 0.0187. The van der Waals surface area contributed by atoms with Crippen molar-refractivity contribution in [1.82, 2.24) is 14.8 Å². The molecular weight excluding hydrogens is 460 g/mol. The molecule has 0 fully saturated rings. The molecule has 4 rings (SSSR count). The Kier molecular flexibility index (Phi) is 8.05. The third-order valence-electron chi connectivity index (χ3n) is 5.35. The molecule has 8 heteroatoms. The highest BCUT2D eigenvalue weighted by molar-refractivity contribution is 7.99. The lowest BCUT2D eigenvalue weighted by Gasteiger charge is -2.12. The number of hydrogen-bond acceptors (Lipinski definition) is 7. The molecule has 0 spiro atoms. The number of benzene rings is 3. The van der Waals surface area contributed by atoms with E-state index in [9.17, 15) is 4.79 Å². The number of aromatic nitrogens is 3. The van der Waals surface area contributed by atoms with Gasteiger partial charge in [0.15, 0.2) is 16.8 Å². The topological polar surface area (TPSA) is 78.3 Å². The van der Waals surface area contributed by atoms with Crippen molar-refractivity contribution in [3.63, 3.8) is 0 Å². The predicted molar refractivity (Wildman–Crippen MR) is 139 cm³/mol. The first-order valence-electron chi connectivity index (χ1n) is 11.4. The van der Waals surface area contributed by atoms with Crippen LogP contribution in [0.2, 0.25) is 0 Å². The lowest BCUT2D eigenvalue weighted by molar-refractivity contribution is 0.102. The predicted octanol–water partition coefficient (Wildman–Crippen LogP) is 5.57. The summed E-state index contributed by atoms with van der Waals surface area (Å²) in [7, 11) is 1.60. The molecule has 0 aliphatic carbocycles. The lowest BCUT2D eigenvalue weighted by Crippen LogP contribution is -2.09. The highest BCUT2D eigenvalue weighted by Crippen LogP contribution is 2.25. The summed E-state index contributed by atoms with van der Waals surface area (Å²) in [5.74, 6) is 2.58. The van der Waals surface area contributed by atoms with E-state index in [1.807, 2.05) is 54.8 Å². The Morgan fingerprint density at radius 2 is 1.63 bits per heavy atom. The number of ketones is 1. The number of carbonyl (C=O) groups excluding carboxylic acids is 1. The lowest BCUT2D eigenvalue weighted by atomic mass is 10.1. The quantitative estimate of drug-likeness (QED) is 0.218. The van der Waals surface area contributed by atoms with Crippen LogP contribution in [0.4, 0.5) is 5.69 Å². The standard InChI is InChI=1S/C27H28N4O3S/c1-4-34-24-15-9-21(10-16-24)28-17-26-29-30-27(31(26)22-11-5-19(2)6-12-22)35-18-25(32)20-7-13-23(33-3)14-8-20/h5-16,28H,4,17-18H2,1-3H3. The van der Waals surface area contributed by atoms with Crippen LogP contribution in [0.5, 0.6) is 11.5 Å². The van der Waals surface area contributed by atoms with Gasteiger partial charge in [-0.25, -0.2) is 0 Å². The summed E-state index contributed by atoms with van der Waals surface area (Å²) in [6.07, 6.45) is 0. The second-order valence-electron chi connectivity index (χ2n) is 7.82. The molecule has 0 aliphatic rings. The average Bonchev–Trinajstić information content (AvgIpc) is 3.30. The summed E-state index contributed by atoms with van der Waals surface area (Å²) in [6, 6.07) is 23.1. The Balaban J connectivity index is 1.51. The molecule has 0 unspecified atom stereocenters. The van der Waals surface area contributed by atoms with Gasteiger partial charge in [-0.2, -0.15) is 0 Å². The Hall–Kier alpha value is -3.78. The van der Waals surface area contributed by atoms with E-state index >= 15 is 0 Å². The van der Waals surface area contributed by atoms with Gasteiger partial charge >= 0.3 is 0 Å². The van der Waals surface area contributed by atoms with Crippen LogP contribution in [0.1, 0.15) is 28.7 Å². The van der Waals surface area contributed by atoms with Crippen molar-refractivity contribution in [1.29, 1.82) is 0 Å². The van der Waals surface area contributed by atoms with Crippen molar-refractivity contribution in [3.8, 4) is 17.2 Å². The summed E-state index contributed by atoms with van der Waals surface area (Å²) in [6.45, 7) is 5.12. The minimum absolute atomic E-state index is 0.0187. The van der Waals surface area contributed by atoms with Crippen LogP contribution in [-0.2, 0) is 6.54 Å². The maximum absolute atomic E-state index is 12.8. The van der Waals surface area contributed by atoms with Crippen molar-refractivity contribution in [2.75, 3.05) is 24.8 Å². The molecule has 180 valence electrons. The van der Waals surface area contributed by atoms with Crippen LogP contribution in [0.3, 0.4) is 0 Å². The van der Waals surface area contributed by atoms with Crippen molar-refractivity contribution in [2.45, 2.75) is 25.5 Å². The molecule has 4 aromatic rings. The third-order valence-corrected chi connectivity index (χ3v) is 6.28. The molecule has 1 aromatic heterocycles. The Bertz CT molecular complexity index is 1250. The number of thioether (sulfide) groups is 1. The van der Waals surface area contributed by atoms with Gasteiger partial charge in [0.1, 0.15) is 11.5 Å². The molecule has 0 saturated carbocycles. The van der Waals surface area contributed by atoms with Gasteiger partial charge in [0.05, 0.1) is 26.0 Å². The summed E-state index contributed by atoms with van der Waals surface area (Å²) in [5, 5.41) is 12.9. The second-order valence-corrected chi connectivity index (χ2v) is 8.76. The average molecular weight is 489 g/mol. The number of aryl methyl sites for hydroxylation is 1. The smallest absolute Gasteiger partial charge is 0.196 e. The largest absolute Gasteiger partial charge is 0.497 e. The molecular formula is C27H28N4O3S. The molecule has 0 aliphatic heterocycles. The number of hydrogen-bond donors (Lipinski definition) is 1. The van der Waals surface area contributed by atoms with Crippen molar-refractivity contribution in [2.24, 2.45) is 0 Å². The highest BCUT2D eigenvalue weighted by atomic mass is 32.2. The number of Topliss-reactive ketones (excluding diaryl/α,β-unsaturated/α-hetero) is 1. The van der Waals surface area contributed by atoms with E-state index in [1.165, 1.54) is 17.3 Å². The zero-order valence-corrected chi connectivity index (χ0v) is 20.8. The Labute approximate surface area is 209 Å². The molecule has 1 N–H and O–H groups in total. The van der Waals surface area contributed by atoms with Crippen molar-refractivity contribution in [3.05, 3.63) is 89.7 Å². The van der Waals surface area contributed by atoms with Crippen LogP contribution in [0.25, 0.3) is 5.69 Å². The van der Waals surface area contributed by atoms with Gasteiger partial charge in [-0.15, -0.1) is 10.2 Å². The second kappa shape index (κ2) is 11.6. The van der Waals surface area contributed by atoms with Crippen molar-refractivity contribution >= 4 is 23.2 Å². The molecule has 0 radical (unpaired) electrons. The van der Waals surface area contributed by atoms with E-state index in [-0.39, 0.29) is 11.5 Å². The fraction of sp³-hybridized carbons (Fsp3) is 0.222. The number of carbonyl (C=O) groups is 1. The van der Waals surface area contributed by atoms with E-state index in [0.717, 1.165) is 28.7 Å². The number of ether oxygens (including phenoxy) is 2. The van der Waals surface area contributed by atoms with Gasteiger partial charge in [-0.1, -0.05) is 29.5 Å². The van der Waals surface area contributed by atoms with Gasteiger partial charge in [0.2, 0.25) is 0 Å². The van der Waals surface area contributed by atoms with E-state index < -0.39 is 0 Å². The first-order valence-corrected chi connectivity index (χ1v) is 12.3. The van der Waals surface area contributed by atoms with E-state index in [0.29, 0.717) is 23.9 Å². The van der Waals surface area contributed by atoms with Gasteiger partial charge in [0, 0.05) is 16.9 Å². The highest BCUT2D eigenvalue weighted by Gasteiger charge is 2.17. The zero-order chi connectivity index (χ0) is 24.6. The van der Waals surface area contributed by atoms with E-state index in [2.05, 4.69) is 27.6 Å². The van der Waals surface area contributed by atoms with Gasteiger partial charge in [-0.3, -0.25) is 9.36 Å². The maximum Gasteiger partial charge on any atom is 0.196 e. The Morgan fingerprint density at radius 1 is 0.943 bits per heavy atom. The number of nitrogens with zero attached hydrogens (tertiary/aromatic N) is 3. The monoisotopic (exact) mass is 488 g/mol. The van der Waals surface area contributed by atoms with E-state index in [4.69, 9.17) is 9.47 Å². The number of methoxy groups -OCH3 is 1. The zero-order valence-electron chi connectivity index (χ0n) is 20.0. The molecule has 3 aromatic carbocycles. The van der Waals surface area contributed by atoms with Crippen molar-refractivity contribution < 1.29 is 14.3 Å². The van der Waals surface area contributed by atoms with Crippen LogP contribution >= 0.6 is 11.8 Å². The molecule has 0 saturated heterocycles. The first kappa shape index (κ1) is 24.3. The first-order chi connectivity index (χ1) is 17.1. The van der Waals surface area contributed by atoms with E-state index in [1.54, 1.807) is 31.4 Å². The number of anilines is 1. The molecule has 7 nitrogen and oxygen atoms in total. The molecule has 0 atom stereocenters. The van der Waals surface area contributed by atoms with Crippen LogP contribution in [0, 0.1) is 6.92 Å². The summed E-state index contributed by atoms with van der Waals surface area (Å²) >= 11 is 1.37. The Morgan fingerprint density at radius 3 is 2.29 bits per heavy atom. The van der Waals surface area contributed by atoms with Gasteiger partial charge < -0.3 is 14.8 Å². The molecule has 0 amide bonds. The molecule has 35 heavy (non-hydrogen) atoms. The summed E-state index contributed by atoms with van der Waals surface area (Å²) in [5.41, 5.74) is 3.70. The SMILES string of the molecule is CCOc1ccc(NCc2nnc(SCC(=O)c3ccc(OC)cc3)n2-c2ccc(C)cc2)cc1. The summed E-state index contributed by atoms with van der Waals surface area (Å²) < 4.78 is 12.7. The normalized spacial score (nSPS) is 10.7. The maximum atomic E-state index is 12.8. The van der Waals surface area contributed by atoms with Gasteiger partial charge in [0.25, 0.3) is 0 Å². The third kappa shape index (κ3) is 6.22. The molecule has 1 heterocycles. The minimum Gasteiger partial charge on any atom is -0.497 e. The molecule has 0 bridgehead atoms. The summed E-state index contributed by atoms with van der Waals surface area (Å²) in [4.78, 5) is 12.8. The van der Waals surface area contributed by atoms with Crippen LogP contribution in [-0.4, -0.2) is 40.0 Å². The van der Waals surface area contributed by atoms with Gasteiger partial charge in [-0.05, 0) is 74.5 Å². The fourth-order valence-electron chi connectivity index (χ4n) is 3.47. The van der Waals surface area contributed by atoms with Crippen LogP contribution < -0.4 is 14.8 Å². The van der Waals surface area contributed by atoms with Crippen LogP contribution in [0.15, 0.2) is 78.0 Å².